The summed E-state index contributed by atoms with van der Waals surface area (Å²) in [6.45, 7) is 6.34. The van der Waals surface area contributed by atoms with Crippen LogP contribution in [0.3, 0.4) is 0 Å². The standard InChI is InChI=1S/C19H15N5O/c1-11(7-20)9-24-10-16-13(4-3-5-14(16)19(24)25)17-6-15-12(2)22-23-18(15)8-21-17/h3-6,8H,1,9-10H2,2H3,(H,22,23). The highest BCUT2D eigenvalue weighted by atomic mass is 16.2. The molecule has 1 aliphatic heterocycles. The summed E-state index contributed by atoms with van der Waals surface area (Å²) in [4.78, 5) is 18.8. The maximum absolute atomic E-state index is 12.6. The van der Waals surface area contributed by atoms with E-state index in [-0.39, 0.29) is 12.5 Å². The number of rotatable bonds is 3. The molecule has 1 amide bonds. The van der Waals surface area contributed by atoms with Crippen molar-refractivity contribution in [2.24, 2.45) is 0 Å². The summed E-state index contributed by atoms with van der Waals surface area (Å²) < 4.78 is 0. The fraction of sp³-hybridized carbons (Fsp3) is 0.158. The van der Waals surface area contributed by atoms with Gasteiger partial charge in [-0.3, -0.25) is 14.9 Å². The fourth-order valence-corrected chi connectivity index (χ4v) is 3.21. The van der Waals surface area contributed by atoms with Crippen molar-refractivity contribution in [3.05, 3.63) is 59.4 Å². The van der Waals surface area contributed by atoms with Gasteiger partial charge in [-0.25, -0.2) is 0 Å². The second-order valence-electron chi connectivity index (χ2n) is 6.14. The van der Waals surface area contributed by atoms with Gasteiger partial charge in [0.25, 0.3) is 5.91 Å². The summed E-state index contributed by atoms with van der Waals surface area (Å²) in [5, 5.41) is 17.1. The average Bonchev–Trinajstić information content (AvgIpc) is 3.15. The molecule has 6 heteroatoms. The van der Waals surface area contributed by atoms with Crippen molar-refractivity contribution in [2.75, 3.05) is 6.54 Å². The third-order valence-electron chi connectivity index (χ3n) is 4.49. The average molecular weight is 329 g/mol. The number of carbonyl (C=O) groups excluding carboxylic acids is 1. The molecule has 0 fully saturated rings. The minimum absolute atomic E-state index is 0.0752. The first-order chi connectivity index (χ1) is 12.1. The number of nitrogens with one attached hydrogen (secondary N) is 1. The van der Waals surface area contributed by atoms with Crippen molar-refractivity contribution >= 4 is 16.8 Å². The van der Waals surface area contributed by atoms with Gasteiger partial charge in [0.05, 0.1) is 24.5 Å². The number of H-pyrrole nitrogens is 1. The number of pyridine rings is 1. The highest BCUT2D eigenvalue weighted by Crippen LogP contribution is 2.33. The Bertz CT molecular complexity index is 1070. The van der Waals surface area contributed by atoms with E-state index >= 15 is 0 Å². The molecule has 0 saturated heterocycles. The van der Waals surface area contributed by atoms with Crippen LogP contribution >= 0.6 is 0 Å². The van der Waals surface area contributed by atoms with Crippen LogP contribution in [0.15, 0.2) is 42.6 Å². The zero-order chi connectivity index (χ0) is 17.6. The van der Waals surface area contributed by atoms with Crippen molar-refractivity contribution in [2.45, 2.75) is 13.5 Å². The van der Waals surface area contributed by atoms with E-state index in [0.717, 1.165) is 33.4 Å². The molecule has 0 spiro atoms. The molecule has 25 heavy (non-hydrogen) atoms. The third-order valence-corrected chi connectivity index (χ3v) is 4.49. The summed E-state index contributed by atoms with van der Waals surface area (Å²) in [5.74, 6) is -0.0752. The maximum atomic E-state index is 12.6. The lowest BCUT2D eigenvalue weighted by molar-refractivity contribution is 0.0794. The molecule has 0 radical (unpaired) electrons. The molecular weight excluding hydrogens is 314 g/mol. The normalized spacial score (nSPS) is 13.1. The molecule has 1 aliphatic rings. The first-order valence-electron chi connectivity index (χ1n) is 7.88. The van der Waals surface area contributed by atoms with E-state index in [9.17, 15) is 4.79 Å². The lowest BCUT2D eigenvalue weighted by Crippen LogP contribution is -2.25. The van der Waals surface area contributed by atoms with E-state index in [4.69, 9.17) is 5.26 Å². The number of benzene rings is 1. The van der Waals surface area contributed by atoms with Crippen LogP contribution in [0.25, 0.3) is 22.2 Å². The molecule has 0 unspecified atom stereocenters. The van der Waals surface area contributed by atoms with Gasteiger partial charge in [0, 0.05) is 34.3 Å². The minimum atomic E-state index is -0.0752. The number of aromatic nitrogens is 3. The molecule has 1 aromatic carbocycles. The summed E-state index contributed by atoms with van der Waals surface area (Å²) in [6.07, 6.45) is 1.74. The van der Waals surface area contributed by atoms with E-state index in [1.54, 1.807) is 11.1 Å². The molecule has 6 nitrogen and oxygen atoms in total. The highest BCUT2D eigenvalue weighted by molar-refractivity contribution is 6.01. The van der Waals surface area contributed by atoms with Gasteiger partial charge in [-0.2, -0.15) is 10.4 Å². The van der Waals surface area contributed by atoms with E-state index in [2.05, 4.69) is 21.8 Å². The number of aromatic amines is 1. The van der Waals surface area contributed by atoms with Crippen LogP contribution < -0.4 is 0 Å². The second-order valence-corrected chi connectivity index (χ2v) is 6.14. The minimum Gasteiger partial charge on any atom is -0.329 e. The first kappa shape index (κ1) is 15.1. The van der Waals surface area contributed by atoms with Crippen molar-refractivity contribution in [1.82, 2.24) is 20.1 Å². The summed E-state index contributed by atoms with van der Waals surface area (Å²) >= 11 is 0. The van der Waals surface area contributed by atoms with Gasteiger partial charge >= 0.3 is 0 Å². The molecule has 0 aliphatic carbocycles. The number of carbonyl (C=O) groups is 1. The zero-order valence-corrected chi connectivity index (χ0v) is 13.7. The van der Waals surface area contributed by atoms with Crippen molar-refractivity contribution in [3.8, 4) is 17.3 Å². The number of nitriles is 1. The highest BCUT2D eigenvalue weighted by Gasteiger charge is 2.30. The molecule has 0 atom stereocenters. The Balaban J connectivity index is 1.79. The van der Waals surface area contributed by atoms with E-state index in [0.29, 0.717) is 17.7 Å². The number of amides is 1. The van der Waals surface area contributed by atoms with Crippen LogP contribution in [0.5, 0.6) is 0 Å². The Morgan fingerprint density at radius 3 is 3.04 bits per heavy atom. The summed E-state index contributed by atoms with van der Waals surface area (Å²) in [6, 6.07) is 9.64. The monoisotopic (exact) mass is 329 g/mol. The van der Waals surface area contributed by atoms with Crippen LogP contribution in [0.4, 0.5) is 0 Å². The number of hydrogen-bond donors (Lipinski definition) is 1. The Morgan fingerprint density at radius 1 is 1.44 bits per heavy atom. The van der Waals surface area contributed by atoms with Gasteiger partial charge in [0.15, 0.2) is 0 Å². The smallest absolute Gasteiger partial charge is 0.254 e. The van der Waals surface area contributed by atoms with Gasteiger partial charge in [-0.05, 0) is 24.6 Å². The van der Waals surface area contributed by atoms with Gasteiger partial charge in [-0.15, -0.1) is 0 Å². The zero-order valence-electron chi connectivity index (χ0n) is 13.7. The molecule has 4 rings (SSSR count). The number of aryl methyl sites for hydroxylation is 1. The molecule has 2 aromatic heterocycles. The van der Waals surface area contributed by atoms with Crippen LogP contribution in [0, 0.1) is 18.3 Å². The predicted octanol–water partition coefficient (Wildman–Crippen LogP) is 2.97. The molecule has 1 N–H and O–H groups in total. The Hall–Kier alpha value is -3.46. The largest absolute Gasteiger partial charge is 0.329 e. The van der Waals surface area contributed by atoms with Crippen molar-refractivity contribution in [1.29, 1.82) is 5.26 Å². The van der Waals surface area contributed by atoms with E-state index < -0.39 is 0 Å². The summed E-state index contributed by atoms with van der Waals surface area (Å²) in [5.41, 5.74) is 5.50. The molecule has 3 aromatic rings. The molecular formula is C19H15N5O. The Labute approximate surface area is 144 Å². The van der Waals surface area contributed by atoms with Crippen LogP contribution in [0.2, 0.25) is 0 Å². The molecule has 122 valence electrons. The number of fused-ring (bicyclic) bond motifs is 2. The van der Waals surface area contributed by atoms with E-state index in [1.807, 2.05) is 37.3 Å². The van der Waals surface area contributed by atoms with Gasteiger partial charge < -0.3 is 4.90 Å². The van der Waals surface area contributed by atoms with Crippen LogP contribution in [-0.2, 0) is 6.54 Å². The Kier molecular flexibility index (Phi) is 3.36. The SMILES string of the molecule is C=C(C#N)CN1Cc2c(cccc2-c2cc3c(C)[nH]nc3cn2)C1=O. The molecule has 0 saturated carbocycles. The Morgan fingerprint density at radius 2 is 2.24 bits per heavy atom. The topological polar surface area (TPSA) is 85.7 Å². The van der Waals surface area contributed by atoms with Crippen molar-refractivity contribution < 1.29 is 4.79 Å². The van der Waals surface area contributed by atoms with Gasteiger partial charge in [0.1, 0.15) is 5.52 Å². The predicted molar refractivity (Wildman–Crippen MR) is 93.6 cm³/mol. The van der Waals surface area contributed by atoms with Crippen LogP contribution in [0.1, 0.15) is 21.6 Å². The van der Waals surface area contributed by atoms with Gasteiger partial charge in [-0.1, -0.05) is 18.7 Å². The maximum Gasteiger partial charge on any atom is 0.254 e. The lowest BCUT2D eigenvalue weighted by Gasteiger charge is -2.14. The third kappa shape index (κ3) is 2.37. The molecule has 3 heterocycles. The summed E-state index contributed by atoms with van der Waals surface area (Å²) in [7, 11) is 0. The quantitative estimate of drug-likeness (QED) is 0.749. The van der Waals surface area contributed by atoms with E-state index in [1.165, 1.54) is 0 Å². The fourth-order valence-electron chi connectivity index (χ4n) is 3.21. The number of nitrogens with zero attached hydrogens (tertiary/aromatic N) is 4. The van der Waals surface area contributed by atoms with Gasteiger partial charge in [0.2, 0.25) is 0 Å². The number of hydrogen-bond acceptors (Lipinski definition) is 4. The molecule has 0 bridgehead atoms. The second kappa shape index (κ2) is 5.56. The van der Waals surface area contributed by atoms with Crippen molar-refractivity contribution in [3.63, 3.8) is 0 Å². The lowest BCUT2D eigenvalue weighted by atomic mass is 9.99. The first-order valence-corrected chi connectivity index (χ1v) is 7.88. The van der Waals surface area contributed by atoms with Crippen LogP contribution in [-0.4, -0.2) is 32.5 Å².